The molecule has 1 amide bonds. The van der Waals surface area contributed by atoms with Gasteiger partial charge in [0, 0.05) is 17.5 Å². The van der Waals surface area contributed by atoms with Crippen molar-refractivity contribution in [3.8, 4) is 0 Å². The number of aliphatic hydroxyl groups is 1. The molecule has 0 aliphatic carbocycles. The zero-order valence-corrected chi connectivity index (χ0v) is 12.3. The maximum atomic E-state index is 12.0. The second kappa shape index (κ2) is 6.31. The maximum absolute atomic E-state index is 12.0. The predicted molar refractivity (Wildman–Crippen MR) is 74.6 cm³/mol. The third-order valence-electron chi connectivity index (χ3n) is 3.19. The van der Waals surface area contributed by atoms with E-state index in [1.165, 1.54) is 4.88 Å². The van der Waals surface area contributed by atoms with Gasteiger partial charge in [0.2, 0.25) is 5.91 Å². The van der Waals surface area contributed by atoms with Gasteiger partial charge in [0.05, 0.1) is 19.7 Å². The van der Waals surface area contributed by atoms with E-state index in [0.717, 1.165) is 0 Å². The number of carbonyl (C=O) groups excluding carboxylic acids is 1. The molecule has 0 spiro atoms. The number of hydrogen-bond donors (Lipinski definition) is 1. The molecule has 0 fully saturated rings. The maximum Gasteiger partial charge on any atom is 0.236 e. The smallest absolute Gasteiger partial charge is 0.236 e. The van der Waals surface area contributed by atoms with Crippen LogP contribution in [0.15, 0.2) is 17.5 Å². The number of rotatable bonds is 6. The summed E-state index contributed by atoms with van der Waals surface area (Å²) < 4.78 is 0. The van der Waals surface area contributed by atoms with Crippen LogP contribution in [0, 0.1) is 0 Å². The average Bonchev–Trinajstić information content (AvgIpc) is 2.81. The van der Waals surface area contributed by atoms with Crippen molar-refractivity contribution < 1.29 is 9.90 Å². The number of carbonyl (C=O) groups is 1. The summed E-state index contributed by atoms with van der Waals surface area (Å²) in [7, 11) is 3.66. The molecule has 0 aliphatic heterocycles. The molecule has 0 radical (unpaired) electrons. The van der Waals surface area contributed by atoms with Gasteiger partial charge in [-0.05, 0) is 32.3 Å². The van der Waals surface area contributed by atoms with Crippen LogP contribution in [0.5, 0.6) is 0 Å². The van der Waals surface area contributed by atoms with Crippen molar-refractivity contribution in [2.75, 3.05) is 27.2 Å². The third-order valence-corrected chi connectivity index (χ3v) is 4.05. The fraction of sp³-hybridized carbons (Fsp3) is 0.615. The van der Waals surface area contributed by atoms with Gasteiger partial charge in [0.25, 0.3) is 0 Å². The minimum Gasteiger partial charge on any atom is -0.394 e. The molecule has 0 saturated carbocycles. The molecule has 1 aromatic heterocycles. The summed E-state index contributed by atoms with van der Waals surface area (Å²) in [6.07, 6.45) is 0. The van der Waals surface area contributed by atoms with Crippen molar-refractivity contribution in [2.24, 2.45) is 0 Å². The highest BCUT2D eigenvalue weighted by molar-refractivity contribution is 7.09. The lowest BCUT2D eigenvalue weighted by molar-refractivity contribution is -0.132. The van der Waals surface area contributed by atoms with Gasteiger partial charge < -0.3 is 10.0 Å². The first-order valence-electron chi connectivity index (χ1n) is 5.95. The number of thiophene rings is 1. The zero-order valence-electron chi connectivity index (χ0n) is 11.5. The van der Waals surface area contributed by atoms with Gasteiger partial charge in [-0.3, -0.25) is 9.69 Å². The Labute approximate surface area is 113 Å². The second-order valence-corrected chi connectivity index (χ2v) is 6.19. The summed E-state index contributed by atoms with van der Waals surface area (Å²) in [6, 6.07) is 4.01. The molecule has 18 heavy (non-hydrogen) atoms. The summed E-state index contributed by atoms with van der Waals surface area (Å²) in [5.41, 5.74) is -0.376. The minimum atomic E-state index is -0.376. The van der Waals surface area contributed by atoms with Crippen LogP contribution in [-0.2, 0) is 11.3 Å². The molecule has 0 aromatic carbocycles. The molecule has 102 valence electrons. The SMILES string of the molecule is CN(Cc1cccs1)C(=O)CN(C)C(C)(C)CO. The molecule has 0 unspecified atom stereocenters. The van der Waals surface area contributed by atoms with Crippen LogP contribution in [0.25, 0.3) is 0 Å². The lowest BCUT2D eigenvalue weighted by Crippen LogP contribution is -2.48. The normalized spacial score (nSPS) is 11.9. The highest BCUT2D eigenvalue weighted by Gasteiger charge is 2.25. The zero-order chi connectivity index (χ0) is 13.8. The molecule has 0 atom stereocenters. The van der Waals surface area contributed by atoms with Crippen molar-refractivity contribution in [3.63, 3.8) is 0 Å². The Bertz CT molecular complexity index is 376. The lowest BCUT2D eigenvalue weighted by atomic mass is 10.1. The Balaban J connectivity index is 2.50. The van der Waals surface area contributed by atoms with Crippen molar-refractivity contribution in [2.45, 2.75) is 25.9 Å². The molecule has 1 rings (SSSR count). The average molecular weight is 270 g/mol. The molecule has 5 heteroatoms. The monoisotopic (exact) mass is 270 g/mol. The first kappa shape index (κ1) is 15.1. The Hall–Kier alpha value is -0.910. The summed E-state index contributed by atoms with van der Waals surface area (Å²) >= 11 is 1.65. The van der Waals surface area contributed by atoms with Gasteiger partial charge in [-0.2, -0.15) is 0 Å². The molecular formula is C13H22N2O2S. The number of likely N-dealkylation sites (N-methyl/N-ethyl adjacent to an activating group) is 2. The first-order valence-corrected chi connectivity index (χ1v) is 6.83. The van der Waals surface area contributed by atoms with Crippen LogP contribution < -0.4 is 0 Å². The fourth-order valence-electron chi connectivity index (χ4n) is 1.38. The van der Waals surface area contributed by atoms with Crippen LogP contribution in [0.4, 0.5) is 0 Å². The number of hydrogen-bond acceptors (Lipinski definition) is 4. The second-order valence-electron chi connectivity index (χ2n) is 5.16. The van der Waals surface area contributed by atoms with Crippen LogP contribution >= 0.6 is 11.3 Å². The molecule has 4 nitrogen and oxygen atoms in total. The molecule has 1 aromatic rings. The highest BCUT2D eigenvalue weighted by Crippen LogP contribution is 2.13. The molecule has 0 aliphatic rings. The highest BCUT2D eigenvalue weighted by atomic mass is 32.1. The van der Waals surface area contributed by atoms with E-state index in [1.807, 2.05) is 50.4 Å². The number of amides is 1. The topological polar surface area (TPSA) is 43.8 Å². The van der Waals surface area contributed by atoms with Crippen LogP contribution in [0.2, 0.25) is 0 Å². The largest absolute Gasteiger partial charge is 0.394 e. The van der Waals surface area contributed by atoms with E-state index in [4.69, 9.17) is 0 Å². The minimum absolute atomic E-state index is 0.0332. The van der Waals surface area contributed by atoms with Gasteiger partial charge in [-0.25, -0.2) is 0 Å². The van der Waals surface area contributed by atoms with Gasteiger partial charge in [0.1, 0.15) is 0 Å². The molecular weight excluding hydrogens is 248 g/mol. The van der Waals surface area contributed by atoms with Gasteiger partial charge in [-0.1, -0.05) is 6.07 Å². The van der Waals surface area contributed by atoms with Crippen molar-refractivity contribution >= 4 is 17.2 Å². The van der Waals surface area contributed by atoms with E-state index in [1.54, 1.807) is 16.2 Å². The van der Waals surface area contributed by atoms with Gasteiger partial charge >= 0.3 is 0 Å². The number of aliphatic hydroxyl groups excluding tert-OH is 1. The third kappa shape index (κ3) is 4.08. The van der Waals surface area contributed by atoms with Crippen LogP contribution in [0.1, 0.15) is 18.7 Å². The van der Waals surface area contributed by atoms with E-state index in [-0.39, 0.29) is 18.1 Å². The summed E-state index contributed by atoms with van der Waals surface area (Å²) in [5.74, 6) is 0.0624. The summed E-state index contributed by atoms with van der Waals surface area (Å²) in [5, 5.41) is 11.3. The van der Waals surface area contributed by atoms with Crippen LogP contribution in [-0.4, -0.2) is 53.6 Å². The first-order chi connectivity index (χ1) is 8.36. The summed E-state index contributed by atoms with van der Waals surface area (Å²) in [4.78, 5) is 16.8. The Kier molecular flexibility index (Phi) is 5.31. The molecule has 1 N–H and O–H groups in total. The van der Waals surface area contributed by atoms with E-state index >= 15 is 0 Å². The predicted octanol–water partition coefficient (Wildman–Crippen LogP) is 1.41. The van der Waals surface area contributed by atoms with E-state index in [2.05, 4.69) is 0 Å². The van der Waals surface area contributed by atoms with E-state index in [0.29, 0.717) is 13.1 Å². The number of nitrogens with zero attached hydrogens (tertiary/aromatic N) is 2. The fourth-order valence-corrected chi connectivity index (χ4v) is 2.14. The summed E-state index contributed by atoms with van der Waals surface area (Å²) in [6.45, 7) is 4.82. The van der Waals surface area contributed by atoms with E-state index in [9.17, 15) is 9.90 Å². The lowest BCUT2D eigenvalue weighted by Gasteiger charge is -2.34. The standard InChI is InChI=1S/C13H22N2O2S/c1-13(2,10-16)15(4)9-12(17)14(3)8-11-6-5-7-18-11/h5-7,16H,8-10H2,1-4H3. The van der Waals surface area contributed by atoms with Gasteiger partial charge in [-0.15, -0.1) is 11.3 Å². The van der Waals surface area contributed by atoms with Crippen molar-refractivity contribution in [1.29, 1.82) is 0 Å². The van der Waals surface area contributed by atoms with Crippen molar-refractivity contribution in [3.05, 3.63) is 22.4 Å². The van der Waals surface area contributed by atoms with Crippen molar-refractivity contribution in [1.82, 2.24) is 9.80 Å². The molecule has 0 bridgehead atoms. The Morgan fingerprint density at radius 3 is 2.61 bits per heavy atom. The molecule has 1 heterocycles. The quantitative estimate of drug-likeness (QED) is 0.850. The van der Waals surface area contributed by atoms with E-state index < -0.39 is 0 Å². The Morgan fingerprint density at radius 2 is 2.11 bits per heavy atom. The van der Waals surface area contributed by atoms with Gasteiger partial charge in [0.15, 0.2) is 0 Å². The van der Waals surface area contributed by atoms with Crippen LogP contribution in [0.3, 0.4) is 0 Å². The Morgan fingerprint density at radius 1 is 1.44 bits per heavy atom. The molecule has 0 saturated heterocycles.